The molecule has 0 saturated carbocycles. The van der Waals surface area contributed by atoms with E-state index in [-0.39, 0.29) is 5.75 Å². The van der Waals surface area contributed by atoms with E-state index in [1.54, 1.807) is 30.3 Å². The van der Waals surface area contributed by atoms with E-state index in [4.69, 9.17) is 0 Å². The molecule has 0 atom stereocenters. The Balaban J connectivity index is 2.01. The Bertz CT molecular complexity index is 860. The Labute approximate surface area is 164 Å². The van der Waals surface area contributed by atoms with Crippen molar-refractivity contribution in [2.24, 2.45) is 0 Å². The molecule has 0 aliphatic carbocycles. The minimum atomic E-state index is -6.99. The molecule has 2 nitrogen and oxygen atoms in total. The molecule has 2 rings (SSSR count). The first-order valence-corrected chi connectivity index (χ1v) is 8.25. The summed E-state index contributed by atoms with van der Waals surface area (Å²) in [6.07, 6.45) is -10.7. The fourth-order valence-corrected chi connectivity index (χ4v) is 2.35. The highest BCUT2D eigenvalue weighted by molar-refractivity contribution is 5.73. The normalized spacial score (nSPS) is 13.2. The van der Waals surface area contributed by atoms with Gasteiger partial charge < -0.3 is 4.74 Å². The Hall–Kier alpha value is -2.72. The standard InChI is InChI=1S/C19H13F9O2/c20-16(21,17(22,23)18(24,25)19(26,27)28)11-10-15(29)30-14-8-6-13(7-9-14)12-4-2-1-3-5-12/h1-9H,10-11H2. The number of alkyl halides is 9. The smallest absolute Gasteiger partial charge is 0.427 e. The summed E-state index contributed by atoms with van der Waals surface area (Å²) >= 11 is 0. The third kappa shape index (κ3) is 4.71. The van der Waals surface area contributed by atoms with Crippen molar-refractivity contribution in [2.75, 3.05) is 0 Å². The molecule has 0 bridgehead atoms. The minimum Gasteiger partial charge on any atom is -0.427 e. The molecule has 11 heteroatoms. The van der Waals surface area contributed by atoms with Gasteiger partial charge in [-0.2, -0.15) is 39.5 Å². The molecule has 0 N–H and O–H groups in total. The summed E-state index contributed by atoms with van der Waals surface area (Å²) in [6, 6.07) is 14.4. The summed E-state index contributed by atoms with van der Waals surface area (Å²) in [7, 11) is 0. The molecule has 2 aromatic rings. The minimum absolute atomic E-state index is 0.157. The molecule has 0 amide bonds. The highest BCUT2D eigenvalue weighted by Crippen LogP contribution is 2.54. The van der Waals surface area contributed by atoms with Gasteiger partial charge >= 0.3 is 29.9 Å². The number of carbonyl (C=O) groups excluding carboxylic acids is 1. The van der Waals surface area contributed by atoms with Crippen LogP contribution in [0.15, 0.2) is 54.6 Å². The van der Waals surface area contributed by atoms with Gasteiger partial charge in [-0.1, -0.05) is 42.5 Å². The number of hydrogen-bond acceptors (Lipinski definition) is 2. The molecule has 0 aliphatic heterocycles. The molecular weight excluding hydrogens is 431 g/mol. The van der Waals surface area contributed by atoms with Gasteiger partial charge in [-0.25, -0.2) is 0 Å². The zero-order valence-electron chi connectivity index (χ0n) is 14.8. The van der Waals surface area contributed by atoms with E-state index in [0.29, 0.717) is 5.56 Å². The second-order valence-electron chi connectivity index (χ2n) is 6.22. The number of benzene rings is 2. The summed E-state index contributed by atoms with van der Waals surface area (Å²) < 4.78 is 120. The van der Waals surface area contributed by atoms with Crippen LogP contribution in [0.4, 0.5) is 39.5 Å². The van der Waals surface area contributed by atoms with Crippen molar-refractivity contribution in [2.45, 2.75) is 36.8 Å². The van der Waals surface area contributed by atoms with Gasteiger partial charge in [0.2, 0.25) is 0 Å². The number of carbonyl (C=O) groups is 1. The number of ether oxygens (including phenoxy) is 1. The monoisotopic (exact) mass is 444 g/mol. The second-order valence-corrected chi connectivity index (χ2v) is 6.22. The van der Waals surface area contributed by atoms with E-state index in [1.807, 2.05) is 0 Å². The predicted molar refractivity (Wildman–Crippen MR) is 87.6 cm³/mol. The highest BCUT2D eigenvalue weighted by Gasteiger charge is 2.81. The number of rotatable bonds is 7. The number of esters is 1. The maximum atomic E-state index is 13.4. The zero-order valence-corrected chi connectivity index (χ0v) is 14.8. The van der Waals surface area contributed by atoms with Gasteiger partial charge in [0, 0.05) is 6.42 Å². The van der Waals surface area contributed by atoms with E-state index in [0.717, 1.165) is 5.56 Å². The van der Waals surface area contributed by atoms with Crippen LogP contribution in [0.2, 0.25) is 0 Å². The number of hydrogen-bond donors (Lipinski definition) is 0. The van der Waals surface area contributed by atoms with Crippen LogP contribution in [-0.4, -0.2) is 29.9 Å². The third-order valence-corrected chi connectivity index (χ3v) is 4.05. The summed E-state index contributed by atoms with van der Waals surface area (Å²) in [5, 5.41) is 0. The van der Waals surface area contributed by atoms with Crippen molar-refractivity contribution in [1.29, 1.82) is 0 Å². The van der Waals surface area contributed by atoms with E-state index < -0.39 is 42.8 Å². The molecule has 0 saturated heterocycles. The summed E-state index contributed by atoms with van der Waals surface area (Å²) in [6.45, 7) is 0. The molecule has 0 aromatic heterocycles. The summed E-state index contributed by atoms with van der Waals surface area (Å²) in [5.41, 5.74) is 1.51. The van der Waals surface area contributed by atoms with Gasteiger partial charge in [-0.05, 0) is 23.3 Å². The molecule has 164 valence electrons. The average Bonchev–Trinajstić information content (AvgIpc) is 2.66. The van der Waals surface area contributed by atoms with Crippen LogP contribution in [0.3, 0.4) is 0 Å². The fraction of sp³-hybridized carbons (Fsp3) is 0.316. The zero-order chi connectivity index (χ0) is 22.8. The molecular formula is C19H13F9O2. The maximum Gasteiger partial charge on any atom is 0.460 e. The van der Waals surface area contributed by atoms with Gasteiger partial charge in [0.1, 0.15) is 5.75 Å². The van der Waals surface area contributed by atoms with Crippen LogP contribution in [-0.2, 0) is 4.79 Å². The molecule has 0 heterocycles. The molecule has 0 fully saturated rings. The van der Waals surface area contributed by atoms with Gasteiger partial charge in [0.05, 0.1) is 6.42 Å². The van der Waals surface area contributed by atoms with Gasteiger partial charge in [-0.15, -0.1) is 0 Å². The van der Waals surface area contributed by atoms with Gasteiger partial charge in [0.15, 0.2) is 0 Å². The largest absolute Gasteiger partial charge is 0.460 e. The van der Waals surface area contributed by atoms with E-state index in [2.05, 4.69) is 4.74 Å². The predicted octanol–water partition coefficient (Wildman–Crippen LogP) is 6.51. The van der Waals surface area contributed by atoms with Crippen LogP contribution in [0.1, 0.15) is 12.8 Å². The first-order chi connectivity index (χ1) is 13.7. The Kier molecular flexibility index (Phi) is 6.43. The Morgan fingerprint density at radius 3 is 1.70 bits per heavy atom. The second kappa shape index (κ2) is 8.19. The Morgan fingerprint density at radius 2 is 1.20 bits per heavy atom. The van der Waals surface area contributed by atoms with Crippen LogP contribution in [0.5, 0.6) is 5.75 Å². The fourth-order valence-electron chi connectivity index (χ4n) is 2.35. The van der Waals surface area contributed by atoms with Crippen molar-refractivity contribution in [3.05, 3.63) is 54.6 Å². The van der Waals surface area contributed by atoms with Crippen molar-refractivity contribution in [3.8, 4) is 16.9 Å². The molecule has 30 heavy (non-hydrogen) atoms. The van der Waals surface area contributed by atoms with Crippen molar-refractivity contribution in [3.63, 3.8) is 0 Å². The molecule has 0 radical (unpaired) electrons. The third-order valence-electron chi connectivity index (χ3n) is 4.05. The molecule has 2 aromatic carbocycles. The Morgan fingerprint density at radius 1 is 0.700 bits per heavy atom. The molecule has 0 aliphatic rings. The van der Waals surface area contributed by atoms with Crippen LogP contribution < -0.4 is 4.74 Å². The summed E-state index contributed by atoms with van der Waals surface area (Å²) in [5.74, 6) is -21.2. The first-order valence-electron chi connectivity index (χ1n) is 8.25. The number of halogens is 9. The van der Waals surface area contributed by atoms with E-state index >= 15 is 0 Å². The van der Waals surface area contributed by atoms with Crippen LogP contribution in [0.25, 0.3) is 11.1 Å². The van der Waals surface area contributed by atoms with Crippen molar-refractivity contribution < 1.29 is 49.0 Å². The lowest BCUT2D eigenvalue weighted by Gasteiger charge is -2.33. The lowest BCUT2D eigenvalue weighted by atomic mass is 10.00. The lowest BCUT2D eigenvalue weighted by Crippen LogP contribution is -2.60. The van der Waals surface area contributed by atoms with Gasteiger partial charge in [-0.3, -0.25) is 4.79 Å². The quantitative estimate of drug-likeness (QED) is 0.277. The van der Waals surface area contributed by atoms with E-state index in [1.165, 1.54) is 24.3 Å². The van der Waals surface area contributed by atoms with E-state index in [9.17, 15) is 44.3 Å². The van der Waals surface area contributed by atoms with Gasteiger partial charge in [0.25, 0.3) is 0 Å². The first kappa shape index (κ1) is 23.6. The SMILES string of the molecule is O=C(CCC(F)(F)C(F)(F)C(F)(F)C(F)(F)F)Oc1ccc(-c2ccccc2)cc1. The molecule has 0 spiro atoms. The average molecular weight is 444 g/mol. The van der Waals surface area contributed by atoms with Crippen LogP contribution in [0, 0.1) is 0 Å². The topological polar surface area (TPSA) is 26.3 Å². The highest BCUT2D eigenvalue weighted by atomic mass is 19.4. The van der Waals surface area contributed by atoms with Crippen molar-refractivity contribution in [1.82, 2.24) is 0 Å². The lowest BCUT2D eigenvalue weighted by molar-refractivity contribution is -0.396. The van der Waals surface area contributed by atoms with Crippen LogP contribution >= 0.6 is 0 Å². The molecule has 0 unspecified atom stereocenters. The summed E-state index contributed by atoms with van der Waals surface area (Å²) in [4.78, 5) is 11.6. The van der Waals surface area contributed by atoms with Crippen molar-refractivity contribution >= 4 is 5.97 Å². The maximum absolute atomic E-state index is 13.4.